The van der Waals surface area contributed by atoms with E-state index >= 15 is 0 Å². The Morgan fingerprint density at radius 1 is 0.864 bits per heavy atom. The molecule has 12 nitrogen and oxygen atoms in total. The molecule has 1 unspecified atom stereocenters. The highest BCUT2D eigenvalue weighted by molar-refractivity contribution is 6.42. The Labute approximate surface area is 254 Å². The van der Waals surface area contributed by atoms with E-state index in [4.69, 9.17) is 23.8 Å². The van der Waals surface area contributed by atoms with Gasteiger partial charge in [0.2, 0.25) is 0 Å². The molecule has 0 saturated carbocycles. The minimum Gasteiger partial charge on any atom is -0.497 e. The van der Waals surface area contributed by atoms with Gasteiger partial charge in [0.1, 0.15) is 29.7 Å². The molecule has 0 aliphatic rings. The molecule has 0 radical (unpaired) electrons. The number of esters is 1. The second kappa shape index (κ2) is 15.7. The van der Waals surface area contributed by atoms with Crippen molar-refractivity contribution in [2.75, 3.05) is 13.7 Å². The Kier molecular flexibility index (Phi) is 11.8. The van der Waals surface area contributed by atoms with Crippen LogP contribution in [0.25, 0.3) is 0 Å². The zero-order valence-electron chi connectivity index (χ0n) is 24.8. The molecule has 2 N–H and O–H groups in total. The SMILES string of the molecule is COc1ccc(COC(=O)C(CCOc2ccc(C(=NOC(=O)c3ccccc3)C(=O)O)cc2)NC(=O)OC(C)(C)C)cc1. The first-order valence-electron chi connectivity index (χ1n) is 13.5. The normalized spacial score (nSPS) is 12.0. The summed E-state index contributed by atoms with van der Waals surface area (Å²) in [7, 11) is 1.55. The zero-order chi connectivity index (χ0) is 32.1. The van der Waals surface area contributed by atoms with E-state index in [0.29, 0.717) is 11.5 Å². The van der Waals surface area contributed by atoms with E-state index in [1.165, 1.54) is 36.4 Å². The summed E-state index contributed by atoms with van der Waals surface area (Å²) >= 11 is 0. The fourth-order valence-corrected chi connectivity index (χ4v) is 3.61. The number of nitrogens with zero attached hydrogens (tertiary/aromatic N) is 1. The van der Waals surface area contributed by atoms with Gasteiger partial charge in [-0.05, 0) is 74.9 Å². The standard InChI is InChI=1S/C32H34N2O10/c1-32(2,3)43-31(39)33-26(30(38)42-20-21-10-14-24(40-4)15-11-21)18-19-41-25-16-12-22(13-17-25)27(28(35)36)34-44-29(37)23-8-6-5-7-9-23/h5-17,26H,18-20H2,1-4H3,(H,33,39)(H,35,36). The van der Waals surface area contributed by atoms with Crippen molar-refractivity contribution in [3.8, 4) is 11.5 Å². The molecule has 0 aliphatic carbocycles. The number of ether oxygens (including phenoxy) is 4. The van der Waals surface area contributed by atoms with Gasteiger partial charge < -0.3 is 34.2 Å². The Hall–Kier alpha value is -5.39. The quantitative estimate of drug-likeness (QED) is 0.120. The molecule has 0 fully saturated rings. The van der Waals surface area contributed by atoms with Crippen molar-refractivity contribution in [3.63, 3.8) is 0 Å². The third kappa shape index (κ3) is 10.8. The molecule has 232 valence electrons. The number of carbonyl (C=O) groups is 4. The van der Waals surface area contributed by atoms with E-state index in [2.05, 4.69) is 10.5 Å². The van der Waals surface area contributed by atoms with Crippen LogP contribution in [0.3, 0.4) is 0 Å². The van der Waals surface area contributed by atoms with Gasteiger partial charge >= 0.3 is 24.0 Å². The van der Waals surface area contributed by atoms with Crippen molar-refractivity contribution < 1.29 is 48.1 Å². The number of carboxylic acids is 1. The summed E-state index contributed by atoms with van der Waals surface area (Å²) in [6, 6.07) is 19.8. The van der Waals surface area contributed by atoms with Crippen LogP contribution in [0, 0.1) is 0 Å². The van der Waals surface area contributed by atoms with Crippen LogP contribution in [0.1, 0.15) is 48.7 Å². The highest BCUT2D eigenvalue weighted by Gasteiger charge is 2.26. The maximum absolute atomic E-state index is 12.9. The monoisotopic (exact) mass is 606 g/mol. The average molecular weight is 607 g/mol. The Morgan fingerprint density at radius 2 is 1.50 bits per heavy atom. The van der Waals surface area contributed by atoms with E-state index in [-0.39, 0.29) is 30.8 Å². The lowest BCUT2D eigenvalue weighted by molar-refractivity contribution is -0.148. The van der Waals surface area contributed by atoms with Crippen molar-refractivity contribution in [2.24, 2.45) is 5.16 Å². The average Bonchev–Trinajstić information content (AvgIpc) is 2.99. The van der Waals surface area contributed by atoms with Gasteiger partial charge in [-0.25, -0.2) is 19.2 Å². The number of amides is 1. The van der Waals surface area contributed by atoms with Crippen LogP contribution in [0.15, 0.2) is 84.0 Å². The number of oxime groups is 1. The largest absolute Gasteiger partial charge is 0.497 e. The van der Waals surface area contributed by atoms with Gasteiger partial charge in [0.05, 0.1) is 19.3 Å². The lowest BCUT2D eigenvalue weighted by Gasteiger charge is -2.23. The van der Waals surface area contributed by atoms with E-state index in [1.807, 2.05) is 0 Å². The Balaban J connectivity index is 1.61. The topological polar surface area (TPSA) is 159 Å². The number of hydrogen-bond acceptors (Lipinski definition) is 10. The molecule has 3 rings (SSSR count). The van der Waals surface area contributed by atoms with Crippen molar-refractivity contribution in [1.29, 1.82) is 0 Å². The number of nitrogens with one attached hydrogen (secondary N) is 1. The minimum atomic E-state index is -1.40. The van der Waals surface area contributed by atoms with Gasteiger partial charge in [-0.3, -0.25) is 0 Å². The highest BCUT2D eigenvalue weighted by Crippen LogP contribution is 2.16. The maximum atomic E-state index is 12.9. The van der Waals surface area contributed by atoms with Gasteiger partial charge in [-0.15, -0.1) is 0 Å². The van der Waals surface area contributed by atoms with Gasteiger partial charge in [0.15, 0.2) is 5.71 Å². The molecule has 0 heterocycles. The summed E-state index contributed by atoms with van der Waals surface area (Å²) in [4.78, 5) is 54.0. The molecule has 12 heteroatoms. The van der Waals surface area contributed by atoms with Crippen molar-refractivity contribution in [2.45, 2.75) is 45.4 Å². The number of benzene rings is 3. The van der Waals surface area contributed by atoms with E-state index in [0.717, 1.165) is 5.56 Å². The number of hydrogen-bond donors (Lipinski definition) is 2. The highest BCUT2D eigenvalue weighted by atomic mass is 16.7. The van der Waals surface area contributed by atoms with E-state index in [9.17, 15) is 24.3 Å². The van der Waals surface area contributed by atoms with E-state index in [1.54, 1.807) is 70.3 Å². The van der Waals surface area contributed by atoms with Crippen molar-refractivity contribution in [1.82, 2.24) is 5.32 Å². The Bertz CT molecular complexity index is 1450. The van der Waals surface area contributed by atoms with Crippen molar-refractivity contribution >= 4 is 29.7 Å². The van der Waals surface area contributed by atoms with Crippen LogP contribution >= 0.6 is 0 Å². The molecule has 0 saturated heterocycles. The molecule has 3 aromatic carbocycles. The lowest BCUT2D eigenvalue weighted by atomic mass is 10.1. The molecule has 3 aromatic rings. The molecule has 0 aromatic heterocycles. The third-order valence-electron chi connectivity index (χ3n) is 5.75. The molecule has 1 amide bonds. The summed E-state index contributed by atoms with van der Waals surface area (Å²) < 4.78 is 21.6. The van der Waals surface area contributed by atoms with Crippen LogP contribution < -0.4 is 14.8 Å². The number of aliphatic carboxylic acids is 1. The molecule has 0 aliphatic heterocycles. The van der Waals surface area contributed by atoms with Crippen LogP contribution in [-0.2, 0) is 30.5 Å². The molecule has 0 spiro atoms. The van der Waals surface area contributed by atoms with Crippen LogP contribution in [-0.4, -0.2) is 60.2 Å². The van der Waals surface area contributed by atoms with Crippen LogP contribution in [0.4, 0.5) is 4.79 Å². The molecule has 0 bridgehead atoms. The predicted molar refractivity (Wildman–Crippen MR) is 159 cm³/mol. The Morgan fingerprint density at radius 3 is 2.09 bits per heavy atom. The summed E-state index contributed by atoms with van der Waals surface area (Å²) in [5, 5.41) is 15.6. The molecule has 1 atom stereocenters. The molecule has 44 heavy (non-hydrogen) atoms. The first-order chi connectivity index (χ1) is 20.9. The first kappa shape index (κ1) is 33.1. The summed E-state index contributed by atoms with van der Waals surface area (Å²) in [6.45, 7) is 5.07. The number of carbonyl (C=O) groups excluding carboxylic acids is 3. The molecular formula is C32H34N2O10. The number of alkyl carbamates (subject to hydrolysis) is 1. The second-order valence-corrected chi connectivity index (χ2v) is 10.3. The van der Waals surface area contributed by atoms with E-state index < -0.39 is 41.4 Å². The second-order valence-electron chi connectivity index (χ2n) is 10.3. The third-order valence-corrected chi connectivity index (χ3v) is 5.75. The smallest absolute Gasteiger partial charge is 0.408 e. The lowest BCUT2D eigenvalue weighted by Crippen LogP contribution is -2.45. The van der Waals surface area contributed by atoms with Crippen LogP contribution in [0.5, 0.6) is 11.5 Å². The number of methoxy groups -OCH3 is 1. The number of carboxylic acid groups (broad SMARTS) is 1. The van der Waals surface area contributed by atoms with Gasteiger partial charge in [0.25, 0.3) is 0 Å². The fraction of sp³-hybridized carbons (Fsp3) is 0.281. The number of rotatable bonds is 13. The van der Waals surface area contributed by atoms with Gasteiger partial charge in [0, 0.05) is 12.0 Å². The van der Waals surface area contributed by atoms with Gasteiger partial charge in [-0.2, -0.15) is 0 Å². The molecular weight excluding hydrogens is 572 g/mol. The summed E-state index contributed by atoms with van der Waals surface area (Å²) in [5.41, 5.74) is -0.156. The van der Waals surface area contributed by atoms with Crippen LogP contribution in [0.2, 0.25) is 0 Å². The van der Waals surface area contributed by atoms with Crippen molar-refractivity contribution in [3.05, 3.63) is 95.6 Å². The van der Waals surface area contributed by atoms with Gasteiger partial charge in [-0.1, -0.05) is 35.5 Å². The zero-order valence-corrected chi connectivity index (χ0v) is 24.8. The summed E-state index contributed by atoms with van der Waals surface area (Å²) in [6.07, 6.45) is -0.749. The predicted octanol–water partition coefficient (Wildman–Crippen LogP) is 4.75. The summed E-state index contributed by atoms with van der Waals surface area (Å²) in [5.74, 6) is -1.88. The minimum absolute atomic E-state index is 0.00792. The maximum Gasteiger partial charge on any atom is 0.408 e. The first-order valence-corrected chi connectivity index (χ1v) is 13.5. The fourth-order valence-electron chi connectivity index (χ4n) is 3.61.